The zero-order valence-corrected chi connectivity index (χ0v) is 17.2. The Balaban J connectivity index is 1.57. The fourth-order valence-corrected chi connectivity index (χ4v) is 3.31. The molecular formula is C23H20N6O2. The molecule has 154 valence electrons. The number of benzene rings is 2. The van der Waals surface area contributed by atoms with Crippen LogP contribution < -0.4 is 4.90 Å². The van der Waals surface area contributed by atoms with Crippen molar-refractivity contribution >= 4 is 17.0 Å². The van der Waals surface area contributed by atoms with Crippen LogP contribution in [0.2, 0.25) is 0 Å². The standard InChI is InChI=1S/C23H20N6O2/c1-15-24-18(28-31-15)13-14-29(2)22-19-21(25-20(26-22)16-9-5-3-6-10-16)27-23(30-19)17-11-7-4-8-12-17/h3-12H,13-14H2,1-2H3. The minimum absolute atomic E-state index is 0.513. The maximum absolute atomic E-state index is 6.13. The summed E-state index contributed by atoms with van der Waals surface area (Å²) < 4.78 is 11.2. The molecule has 2 aromatic carbocycles. The molecule has 0 unspecified atom stereocenters. The molecule has 0 N–H and O–H groups in total. The molecule has 5 aromatic rings. The number of nitrogens with zero attached hydrogens (tertiary/aromatic N) is 6. The zero-order chi connectivity index (χ0) is 21.2. The smallest absolute Gasteiger partial charge is 0.229 e. The first-order valence-electron chi connectivity index (χ1n) is 9.97. The number of aromatic nitrogens is 5. The van der Waals surface area contributed by atoms with E-state index >= 15 is 0 Å². The first-order chi connectivity index (χ1) is 15.2. The lowest BCUT2D eigenvalue weighted by Crippen LogP contribution is -2.22. The highest BCUT2D eigenvalue weighted by Crippen LogP contribution is 2.31. The van der Waals surface area contributed by atoms with Crippen LogP contribution in [0.1, 0.15) is 11.7 Å². The van der Waals surface area contributed by atoms with Crippen LogP contribution in [0.25, 0.3) is 34.1 Å². The lowest BCUT2D eigenvalue weighted by atomic mass is 10.2. The number of anilines is 1. The van der Waals surface area contributed by atoms with Crippen molar-refractivity contribution in [2.45, 2.75) is 13.3 Å². The van der Waals surface area contributed by atoms with E-state index in [0.29, 0.717) is 53.4 Å². The lowest BCUT2D eigenvalue weighted by Gasteiger charge is -2.17. The highest BCUT2D eigenvalue weighted by molar-refractivity contribution is 5.85. The minimum Gasteiger partial charge on any atom is -0.430 e. The van der Waals surface area contributed by atoms with Gasteiger partial charge in [0.05, 0.1) is 0 Å². The molecule has 0 atom stereocenters. The molecule has 0 amide bonds. The topological polar surface area (TPSA) is 94.0 Å². The number of hydrogen-bond acceptors (Lipinski definition) is 8. The number of hydrogen-bond donors (Lipinski definition) is 0. The molecule has 5 rings (SSSR count). The molecule has 31 heavy (non-hydrogen) atoms. The van der Waals surface area contributed by atoms with Crippen LogP contribution in [-0.4, -0.2) is 38.7 Å². The summed E-state index contributed by atoms with van der Waals surface area (Å²) in [5, 5.41) is 3.97. The summed E-state index contributed by atoms with van der Waals surface area (Å²) in [5.41, 5.74) is 2.87. The van der Waals surface area contributed by atoms with Gasteiger partial charge in [-0.2, -0.15) is 9.97 Å². The van der Waals surface area contributed by atoms with Gasteiger partial charge in [0.2, 0.25) is 23.0 Å². The summed E-state index contributed by atoms with van der Waals surface area (Å²) in [4.78, 5) is 20.4. The highest BCUT2D eigenvalue weighted by atomic mass is 16.5. The number of likely N-dealkylation sites (N-methyl/N-ethyl adjacent to an activating group) is 1. The van der Waals surface area contributed by atoms with Crippen LogP contribution in [0.5, 0.6) is 0 Å². The largest absolute Gasteiger partial charge is 0.430 e. The molecule has 0 aliphatic rings. The second-order valence-electron chi connectivity index (χ2n) is 7.18. The summed E-state index contributed by atoms with van der Waals surface area (Å²) in [6.07, 6.45) is 0.611. The second kappa shape index (κ2) is 7.98. The van der Waals surface area contributed by atoms with Gasteiger partial charge < -0.3 is 13.8 Å². The van der Waals surface area contributed by atoms with E-state index in [1.165, 1.54) is 0 Å². The molecule has 3 aromatic heterocycles. The fourth-order valence-electron chi connectivity index (χ4n) is 3.31. The van der Waals surface area contributed by atoms with Gasteiger partial charge in [-0.05, 0) is 12.1 Å². The molecule has 0 aliphatic carbocycles. The molecule has 8 heteroatoms. The third kappa shape index (κ3) is 3.87. The van der Waals surface area contributed by atoms with Gasteiger partial charge in [0.15, 0.2) is 17.5 Å². The van der Waals surface area contributed by atoms with Gasteiger partial charge in [-0.25, -0.2) is 9.97 Å². The Morgan fingerprint density at radius 2 is 1.55 bits per heavy atom. The molecule has 8 nitrogen and oxygen atoms in total. The first kappa shape index (κ1) is 18.9. The number of rotatable bonds is 6. The summed E-state index contributed by atoms with van der Waals surface area (Å²) in [6.45, 7) is 2.40. The predicted octanol–water partition coefficient (Wildman–Crippen LogP) is 4.32. The third-order valence-corrected chi connectivity index (χ3v) is 4.89. The van der Waals surface area contributed by atoms with E-state index in [9.17, 15) is 0 Å². The van der Waals surface area contributed by atoms with E-state index in [1.807, 2.05) is 72.6 Å². The van der Waals surface area contributed by atoms with Crippen LogP contribution in [-0.2, 0) is 6.42 Å². The number of aryl methyl sites for hydroxylation is 1. The molecule has 0 spiro atoms. The lowest BCUT2D eigenvalue weighted by molar-refractivity contribution is 0.387. The van der Waals surface area contributed by atoms with Crippen LogP contribution in [0.3, 0.4) is 0 Å². The highest BCUT2D eigenvalue weighted by Gasteiger charge is 2.20. The molecule has 0 aliphatic heterocycles. The molecule has 3 heterocycles. The fraction of sp³-hybridized carbons (Fsp3) is 0.174. The van der Waals surface area contributed by atoms with Crippen molar-refractivity contribution < 1.29 is 8.94 Å². The van der Waals surface area contributed by atoms with E-state index in [0.717, 1.165) is 11.1 Å². The Morgan fingerprint density at radius 1 is 0.839 bits per heavy atom. The predicted molar refractivity (Wildman–Crippen MR) is 116 cm³/mol. The van der Waals surface area contributed by atoms with Crippen molar-refractivity contribution in [1.82, 2.24) is 25.1 Å². The van der Waals surface area contributed by atoms with Gasteiger partial charge in [-0.1, -0.05) is 53.7 Å². The Bertz CT molecular complexity index is 1310. The Labute approximate surface area is 178 Å². The van der Waals surface area contributed by atoms with E-state index in [2.05, 4.69) is 20.1 Å². The number of oxazole rings is 1. The summed E-state index contributed by atoms with van der Waals surface area (Å²) >= 11 is 0. The summed E-state index contributed by atoms with van der Waals surface area (Å²) in [7, 11) is 1.95. The van der Waals surface area contributed by atoms with Gasteiger partial charge in [-0.3, -0.25) is 0 Å². The Morgan fingerprint density at radius 3 is 2.23 bits per heavy atom. The second-order valence-corrected chi connectivity index (χ2v) is 7.18. The summed E-state index contributed by atoms with van der Waals surface area (Å²) in [5.74, 6) is 2.98. The molecule has 0 saturated heterocycles. The van der Waals surface area contributed by atoms with Crippen LogP contribution >= 0.6 is 0 Å². The zero-order valence-electron chi connectivity index (χ0n) is 17.2. The van der Waals surface area contributed by atoms with Crippen molar-refractivity contribution in [3.8, 4) is 22.8 Å². The molecule has 0 bridgehead atoms. The van der Waals surface area contributed by atoms with Crippen molar-refractivity contribution in [3.63, 3.8) is 0 Å². The maximum atomic E-state index is 6.13. The normalized spacial score (nSPS) is 11.2. The van der Waals surface area contributed by atoms with Gasteiger partial charge >= 0.3 is 0 Å². The van der Waals surface area contributed by atoms with E-state index < -0.39 is 0 Å². The van der Waals surface area contributed by atoms with Gasteiger partial charge in [0.25, 0.3) is 0 Å². The SMILES string of the molecule is Cc1nc(CCN(C)c2nc(-c3ccccc3)nc3nc(-c4ccccc4)oc23)no1. The molecular weight excluding hydrogens is 392 g/mol. The number of fused-ring (bicyclic) bond motifs is 1. The molecule has 0 fully saturated rings. The maximum Gasteiger partial charge on any atom is 0.229 e. The van der Waals surface area contributed by atoms with Crippen molar-refractivity contribution in [3.05, 3.63) is 72.4 Å². The average molecular weight is 412 g/mol. The molecule has 0 saturated carbocycles. The molecule has 0 radical (unpaired) electrons. The van der Waals surface area contributed by atoms with Crippen molar-refractivity contribution in [1.29, 1.82) is 0 Å². The van der Waals surface area contributed by atoms with Gasteiger partial charge in [-0.15, -0.1) is 0 Å². The third-order valence-electron chi connectivity index (χ3n) is 4.89. The average Bonchev–Trinajstić information content (AvgIpc) is 3.44. The Kier molecular flexibility index (Phi) is 4.87. The van der Waals surface area contributed by atoms with Crippen LogP contribution in [0.15, 0.2) is 69.6 Å². The Hall–Kier alpha value is -4.07. The van der Waals surface area contributed by atoms with E-state index in [4.69, 9.17) is 13.9 Å². The summed E-state index contributed by atoms with van der Waals surface area (Å²) in [6, 6.07) is 19.6. The van der Waals surface area contributed by atoms with Crippen LogP contribution in [0, 0.1) is 6.92 Å². The van der Waals surface area contributed by atoms with Crippen molar-refractivity contribution in [2.24, 2.45) is 0 Å². The first-order valence-corrected chi connectivity index (χ1v) is 9.97. The van der Waals surface area contributed by atoms with E-state index in [-0.39, 0.29) is 0 Å². The quantitative estimate of drug-likeness (QED) is 0.407. The van der Waals surface area contributed by atoms with Crippen molar-refractivity contribution in [2.75, 3.05) is 18.5 Å². The monoisotopic (exact) mass is 412 g/mol. The van der Waals surface area contributed by atoms with Gasteiger partial charge in [0.1, 0.15) is 0 Å². The van der Waals surface area contributed by atoms with Crippen LogP contribution in [0.4, 0.5) is 5.82 Å². The van der Waals surface area contributed by atoms with Gasteiger partial charge in [0, 0.05) is 38.1 Å². The van der Waals surface area contributed by atoms with E-state index in [1.54, 1.807) is 6.92 Å². The minimum atomic E-state index is 0.513.